The van der Waals surface area contributed by atoms with E-state index in [2.05, 4.69) is 67.8 Å². The van der Waals surface area contributed by atoms with Crippen LogP contribution in [0, 0.1) is 22.5 Å². The van der Waals surface area contributed by atoms with E-state index in [-0.39, 0.29) is 24.4 Å². The molecule has 150 valence electrons. The summed E-state index contributed by atoms with van der Waals surface area (Å²) in [5, 5.41) is 0. The van der Waals surface area contributed by atoms with Crippen molar-refractivity contribution in [3.05, 3.63) is 22.8 Å². The molecule has 0 spiro atoms. The largest absolute Gasteiger partial charge is 0.464 e. The Hall–Kier alpha value is 0.260. The Labute approximate surface area is 198 Å². The molecule has 0 unspecified atom stereocenters. The Balaban J connectivity index is 1.85. The molecule has 0 atom stereocenters. The van der Waals surface area contributed by atoms with Gasteiger partial charge in [0.1, 0.15) is 12.4 Å². The number of halogens is 3. The van der Waals surface area contributed by atoms with Gasteiger partial charge in [-0.2, -0.15) is 8.42 Å². The van der Waals surface area contributed by atoms with Crippen LogP contribution in [0.5, 0.6) is 5.75 Å². The average Bonchev–Trinajstić information content (AvgIpc) is 2.56. The summed E-state index contributed by atoms with van der Waals surface area (Å²) in [6.07, 6.45) is 1.97. The van der Waals surface area contributed by atoms with Crippen LogP contribution in [0.2, 0.25) is 0 Å². The van der Waals surface area contributed by atoms with E-state index in [1.807, 2.05) is 12.1 Å². The topological polar surface area (TPSA) is 107 Å². The zero-order chi connectivity index (χ0) is 20.2. The lowest BCUT2D eigenvalue weighted by molar-refractivity contribution is -0.151. The summed E-state index contributed by atoms with van der Waals surface area (Å²) in [6, 6.07) is 3.87. The Kier molecular flexibility index (Phi) is 9.01. The normalized spacial score (nSPS) is 20.1. The molecule has 1 aromatic carbocycles. The van der Waals surface area contributed by atoms with Crippen molar-refractivity contribution < 1.29 is 32.0 Å². The van der Waals surface area contributed by atoms with Crippen LogP contribution < -0.4 is 4.74 Å². The number of esters is 2. The molecule has 1 saturated carbocycles. The first-order valence-electron chi connectivity index (χ1n) is 8.05. The molecular formula is C16H17I3O7S. The van der Waals surface area contributed by atoms with Crippen molar-refractivity contribution in [3.8, 4) is 5.75 Å². The van der Waals surface area contributed by atoms with Crippen molar-refractivity contribution in [2.24, 2.45) is 11.8 Å². The van der Waals surface area contributed by atoms with Gasteiger partial charge in [-0.25, -0.2) is 0 Å². The molecule has 1 N–H and O–H groups in total. The second kappa shape index (κ2) is 10.3. The quantitative estimate of drug-likeness (QED) is 0.206. The van der Waals surface area contributed by atoms with Crippen LogP contribution in [0.25, 0.3) is 0 Å². The Morgan fingerprint density at radius 3 is 1.96 bits per heavy atom. The lowest BCUT2D eigenvalue weighted by Gasteiger charge is -2.26. The minimum atomic E-state index is -4.15. The van der Waals surface area contributed by atoms with Gasteiger partial charge in [-0.05, 0) is 106 Å². The molecule has 0 aromatic heterocycles. The zero-order valence-electron chi connectivity index (χ0n) is 14.0. The van der Waals surface area contributed by atoms with Crippen LogP contribution in [0.15, 0.2) is 12.1 Å². The summed E-state index contributed by atoms with van der Waals surface area (Å²) >= 11 is 6.48. The lowest BCUT2D eigenvalue weighted by Crippen LogP contribution is -2.30. The van der Waals surface area contributed by atoms with Gasteiger partial charge in [0.25, 0.3) is 10.1 Å². The summed E-state index contributed by atoms with van der Waals surface area (Å²) in [7, 11) is -4.15. The highest BCUT2D eigenvalue weighted by Gasteiger charge is 2.32. The molecule has 1 aliphatic rings. The summed E-state index contributed by atoms with van der Waals surface area (Å²) in [5.74, 6) is -1.49. The molecule has 2 rings (SSSR count). The Bertz CT molecular complexity index is 794. The fourth-order valence-electron chi connectivity index (χ4n) is 2.74. The first kappa shape index (κ1) is 23.5. The highest BCUT2D eigenvalue weighted by atomic mass is 127. The van der Waals surface area contributed by atoms with E-state index < -0.39 is 21.8 Å². The highest BCUT2D eigenvalue weighted by molar-refractivity contribution is 14.1. The number of hydrogen-bond donors (Lipinski definition) is 1. The van der Waals surface area contributed by atoms with E-state index in [0.717, 1.165) is 10.7 Å². The van der Waals surface area contributed by atoms with E-state index in [4.69, 9.17) is 14.0 Å². The molecular weight excluding hydrogens is 717 g/mol. The van der Waals surface area contributed by atoms with Gasteiger partial charge in [-0.15, -0.1) is 0 Å². The number of rotatable bonds is 6. The number of carbonyl (C=O) groups excluding carboxylic acids is 2. The van der Waals surface area contributed by atoms with Crippen molar-refractivity contribution in [1.29, 1.82) is 0 Å². The van der Waals surface area contributed by atoms with Crippen molar-refractivity contribution in [1.82, 2.24) is 0 Å². The minimum absolute atomic E-state index is 0.280. The molecule has 1 fully saturated rings. The van der Waals surface area contributed by atoms with Crippen molar-refractivity contribution >= 4 is 89.8 Å². The van der Waals surface area contributed by atoms with Crippen LogP contribution in [0.4, 0.5) is 0 Å². The SMILES string of the molecule is O=C(OCCS(=O)(=O)O)C1CCC(C(=O)Oc2c(I)cc(I)cc2I)CC1. The lowest BCUT2D eigenvalue weighted by atomic mass is 9.82. The van der Waals surface area contributed by atoms with Crippen LogP contribution in [-0.2, 0) is 24.4 Å². The van der Waals surface area contributed by atoms with Gasteiger partial charge in [-0.3, -0.25) is 14.1 Å². The number of benzene rings is 1. The maximum Gasteiger partial charge on any atom is 0.314 e. The van der Waals surface area contributed by atoms with Gasteiger partial charge >= 0.3 is 11.9 Å². The zero-order valence-corrected chi connectivity index (χ0v) is 21.3. The molecule has 1 aliphatic carbocycles. The third kappa shape index (κ3) is 7.54. The molecule has 0 amide bonds. The summed E-state index contributed by atoms with van der Waals surface area (Å²) in [4.78, 5) is 24.4. The number of ether oxygens (including phenoxy) is 2. The number of hydrogen-bond acceptors (Lipinski definition) is 6. The Morgan fingerprint density at radius 2 is 1.48 bits per heavy atom. The van der Waals surface area contributed by atoms with Crippen LogP contribution in [-0.4, -0.2) is 37.3 Å². The van der Waals surface area contributed by atoms with E-state index in [1.165, 1.54) is 0 Å². The smallest absolute Gasteiger partial charge is 0.314 e. The molecule has 1 aromatic rings. The summed E-state index contributed by atoms with van der Waals surface area (Å²) in [6.45, 7) is -0.372. The predicted octanol–water partition coefficient (Wildman–Crippen LogP) is 3.64. The Morgan fingerprint density at radius 1 is 1.00 bits per heavy atom. The van der Waals surface area contributed by atoms with Gasteiger partial charge in [0.2, 0.25) is 0 Å². The monoisotopic (exact) mass is 734 g/mol. The van der Waals surface area contributed by atoms with Gasteiger partial charge in [-0.1, -0.05) is 0 Å². The predicted molar refractivity (Wildman–Crippen MR) is 123 cm³/mol. The standard InChI is InChI=1S/C16H17I3O7S/c17-11-7-12(18)14(13(19)8-11)26-16(21)10-3-1-9(2-4-10)15(20)25-5-6-27(22,23)24/h7-10H,1-6H2,(H,22,23,24). The summed E-state index contributed by atoms with van der Waals surface area (Å²) < 4.78 is 43.2. The van der Waals surface area contributed by atoms with Crippen LogP contribution in [0.1, 0.15) is 25.7 Å². The van der Waals surface area contributed by atoms with Crippen molar-refractivity contribution in [2.45, 2.75) is 25.7 Å². The van der Waals surface area contributed by atoms with E-state index in [1.54, 1.807) is 0 Å². The van der Waals surface area contributed by atoms with Crippen LogP contribution >= 0.6 is 67.8 Å². The van der Waals surface area contributed by atoms with Gasteiger partial charge < -0.3 is 9.47 Å². The van der Waals surface area contributed by atoms with Crippen molar-refractivity contribution in [3.63, 3.8) is 0 Å². The second-order valence-corrected chi connectivity index (χ2v) is 11.3. The average molecular weight is 734 g/mol. The maximum absolute atomic E-state index is 12.5. The maximum atomic E-state index is 12.5. The van der Waals surface area contributed by atoms with E-state index in [9.17, 15) is 18.0 Å². The molecule has 0 heterocycles. The van der Waals surface area contributed by atoms with E-state index >= 15 is 0 Å². The third-order valence-electron chi connectivity index (χ3n) is 4.15. The summed E-state index contributed by atoms with van der Waals surface area (Å²) in [5.41, 5.74) is 0. The molecule has 11 heteroatoms. The highest BCUT2D eigenvalue weighted by Crippen LogP contribution is 2.34. The third-order valence-corrected chi connectivity index (χ3v) is 7.05. The molecule has 0 saturated heterocycles. The first-order chi connectivity index (χ1) is 12.6. The van der Waals surface area contributed by atoms with Crippen molar-refractivity contribution in [2.75, 3.05) is 12.4 Å². The fourth-order valence-corrected chi connectivity index (χ4v) is 6.84. The molecule has 0 radical (unpaired) electrons. The molecule has 7 nitrogen and oxygen atoms in total. The van der Waals surface area contributed by atoms with Crippen LogP contribution in [0.3, 0.4) is 0 Å². The number of carbonyl (C=O) groups is 2. The molecule has 27 heavy (non-hydrogen) atoms. The van der Waals surface area contributed by atoms with Gasteiger partial charge in [0, 0.05) is 3.57 Å². The van der Waals surface area contributed by atoms with E-state index in [0.29, 0.717) is 31.4 Å². The van der Waals surface area contributed by atoms with Gasteiger partial charge in [0.05, 0.1) is 19.0 Å². The molecule has 0 aliphatic heterocycles. The molecule has 0 bridgehead atoms. The second-order valence-electron chi connectivity index (χ2n) is 6.12. The first-order valence-corrected chi connectivity index (χ1v) is 12.9. The minimum Gasteiger partial charge on any atom is -0.464 e. The fraction of sp³-hybridized carbons (Fsp3) is 0.500. The van der Waals surface area contributed by atoms with Gasteiger partial charge in [0.15, 0.2) is 5.75 Å².